The molecule has 0 aliphatic heterocycles. The summed E-state index contributed by atoms with van der Waals surface area (Å²) in [5.74, 6) is 5.13. The minimum atomic E-state index is -3.07. The summed E-state index contributed by atoms with van der Waals surface area (Å²) in [6.45, 7) is 0.171. The Hall–Kier alpha value is -1.87. The minimum absolute atomic E-state index is 0.0545. The smallest absolute Gasteiger partial charge is 0.273 e. The van der Waals surface area contributed by atoms with Crippen LogP contribution >= 0.6 is 0 Å². The molecule has 100 valence electrons. The number of nitrogens with zero attached hydrogens (tertiary/aromatic N) is 1. The average molecular weight is 274 g/mol. The molecule has 18 heavy (non-hydrogen) atoms. The number of hydrogen-bond donors (Lipinski definition) is 3. The van der Waals surface area contributed by atoms with Crippen molar-refractivity contribution in [2.24, 2.45) is 5.84 Å². The number of nitro groups is 1. The molecule has 0 aliphatic rings. The molecule has 0 saturated heterocycles. The zero-order valence-electron chi connectivity index (χ0n) is 9.71. The molecule has 0 fully saturated rings. The molecule has 0 amide bonds. The number of benzene rings is 1. The van der Waals surface area contributed by atoms with Crippen molar-refractivity contribution in [1.29, 1.82) is 0 Å². The lowest BCUT2D eigenvalue weighted by Gasteiger charge is -2.07. The normalized spacial score (nSPS) is 11.0. The number of nitro benzene ring substituents is 1. The van der Waals surface area contributed by atoms with Gasteiger partial charge in [0.15, 0.2) is 0 Å². The van der Waals surface area contributed by atoms with Crippen molar-refractivity contribution in [3.63, 3.8) is 0 Å². The van der Waals surface area contributed by atoms with Gasteiger partial charge in [0, 0.05) is 30.6 Å². The predicted molar refractivity (Wildman–Crippen MR) is 69.1 cm³/mol. The van der Waals surface area contributed by atoms with Gasteiger partial charge >= 0.3 is 0 Å². The second-order valence-electron chi connectivity index (χ2n) is 3.73. The number of rotatable bonds is 6. The van der Waals surface area contributed by atoms with Crippen LogP contribution < -0.4 is 16.6 Å². The summed E-state index contributed by atoms with van der Waals surface area (Å²) < 4.78 is 21.9. The number of nitrogens with two attached hydrogens (primary N) is 1. The standard InChI is InChI=1S/C9H14N4O4S/c1-18(16,17)3-2-11-7-4-8(12-10)6-9(5-7)13(14)15/h4-6,11-12H,2-3,10H2,1H3. The topological polar surface area (TPSA) is 127 Å². The highest BCUT2D eigenvalue weighted by Crippen LogP contribution is 2.23. The number of nitrogens with one attached hydrogen (secondary N) is 2. The van der Waals surface area contributed by atoms with Gasteiger partial charge in [-0.1, -0.05) is 0 Å². The summed E-state index contributed by atoms with van der Waals surface area (Å²) in [4.78, 5) is 10.1. The van der Waals surface area contributed by atoms with Gasteiger partial charge in [-0.25, -0.2) is 8.42 Å². The van der Waals surface area contributed by atoms with E-state index in [-0.39, 0.29) is 18.0 Å². The van der Waals surface area contributed by atoms with Crippen LogP contribution in [0.15, 0.2) is 18.2 Å². The second-order valence-corrected chi connectivity index (χ2v) is 5.99. The monoisotopic (exact) mass is 274 g/mol. The lowest BCUT2D eigenvalue weighted by molar-refractivity contribution is -0.384. The summed E-state index contributed by atoms with van der Waals surface area (Å²) >= 11 is 0. The first kappa shape index (κ1) is 14.2. The van der Waals surface area contributed by atoms with Gasteiger partial charge in [-0.3, -0.25) is 16.0 Å². The van der Waals surface area contributed by atoms with Crippen molar-refractivity contribution < 1.29 is 13.3 Å². The Morgan fingerprint density at radius 3 is 2.44 bits per heavy atom. The van der Waals surface area contributed by atoms with Crippen LogP contribution in [0.1, 0.15) is 0 Å². The Labute approximate surface area is 104 Å². The van der Waals surface area contributed by atoms with Gasteiger partial charge in [0.05, 0.1) is 16.4 Å². The fourth-order valence-electron chi connectivity index (χ4n) is 1.28. The number of anilines is 2. The maximum absolute atomic E-state index is 10.9. The Morgan fingerprint density at radius 2 is 1.94 bits per heavy atom. The third kappa shape index (κ3) is 4.55. The Kier molecular flexibility index (Phi) is 4.45. The van der Waals surface area contributed by atoms with Gasteiger partial charge in [-0.15, -0.1) is 0 Å². The molecule has 1 rings (SSSR count). The van der Waals surface area contributed by atoms with Crippen molar-refractivity contribution >= 4 is 26.9 Å². The van der Waals surface area contributed by atoms with Crippen LogP contribution in [0.2, 0.25) is 0 Å². The zero-order chi connectivity index (χ0) is 13.8. The Morgan fingerprint density at radius 1 is 1.33 bits per heavy atom. The molecule has 1 aromatic rings. The molecule has 0 spiro atoms. The van der Waals surface area contributed by atoms with Gasteiger partial charge in [-0.2, -0.15) is 0 Å². The molecule has 8 nitrogen and oxygen atoms in total. The Balaban J connectivity index is 2.82. The number of nitrogen functional groups attached to an aromatic ring is 1. The fourth-order valence-corrected chi connectivity index (χ4v) is 1.76. The van der Waals surface area contributed by atoms with Crippen LogP contribution in [-0.2, 0) is 9.84 Å². The highest BCUT2D eigenvalue weighted by atomic mass is 32.2. The number of hydrogen-bond acceptors (Lipinski definition) is 7. The number of sulfone groups is 1. The van der Waals surface area contributed by atoms with Crippen molar-refractivity contribution in [3.05, 3.63) is 28.3 Å². The lowest BCUT2D eigenvalue weighted by Crippen LogP contribution is -2.14. The van der Waals surface area contributed by atoms with Crippen LogP contribution in [-0.4, -0.2) is 31.9 Å². The van der Waals surface area contributed by atoms with Crippen molar-refractivity contribution in [1.82, 2.24) is 0 Å². The van der Waals surface area contributed by atoms with Crippen molar-refractivity contribution in [2.45, 2.75) is 0 Å². The van der Waals surface area contributed by atoms with Crippen LogP contribution in [0, 0.1) is 10.1 Å². The number of hydrazine groups is 1. The van der Waals surface area contributed by atoms with Crippen LogP contribution in [0.3, 0.4) is 0 Å². The fraction of sp³-hybridized carbons (Fsp3) is 0.333. The summed E-state index contributed by atoms with van der Waals surface area (Å²) in [6.07, 6.45) is 1.12. The van der Waals surface area contributed by atoms with E-state index >= 15 is 0 Å². The maximum Gasteiger partial charge on any atom is 0.273 e. The lowest BCUT2D eigenvalue weighted by atomic mass is 10.2. The van der Waals surface area contributed by atoms with E-state index in [1.54, 1.807) is 6.07 Å². The zero-order valence-corrected chi connectivity index (χ0v) is 10.5. The summed E-state index contributed by atoms with van der Waals surface area (Å²) in [7, 11) is -3.07. The summed E-state index contributed by atoms with van der Waals surface area (Å²) in [5, 5.41) is 13.5. The molecule has 0 bridgehead atoms. The van der Waals surface area contributed by atoms with Crippen LogP contribution in [0.25, 0.3) is 0 Å². The van der Waals surface area contributed by atoms with Gasteiger partial charge < -0.3 is 10.7 Å². The first-order valence-corrected chi connectivity index (χ1v) is 7.05. The van der Waals surface area contributed by atoms with Crippen LogP contribution in [0.4, 0.5) is 17.1 Å². The molecule has 0 heterocycles. The highest BCUT2D eigenvalue weighted by molar-refractivity contribution is 7.90. The Bertz CT molecular complexity index is 543. The third-order valence-electron chi connectivity index (χ3n) is 2.10. The maximum atomic E-state index is 10.9. The molecule has 0 aliphatic carbocycles. The van der Waals surface area contributed by atoms with E-state index in [9.17, 15) is 18.5 Å². The molecule has 0 aromatic heterocycles. The first-order chi connectivity index (χ1) is 8.31. The van der Waals surface area contributed by atoms with E-state index in [2.05, 4.69) is 10.7 Å². The van der Waals surface area contributed by atoms with E-state index in [4.69, 9.17) is 5.84 Å². The third-order valence-corrected chi connectivity index (χ3v) is 3.04. The summed E-state index contributed by atoms with van der Waals surface area (Å²) in [6, 6.07) is 4.14. The van der Waals surface area contributed by atoms with Gasteiger partial charge in [0.1, 0.15) is 9.84 Å². The molecule has 4 N–H and O–H groups in total. The van der Waals surface area contributed by atoms with E-state index in [1.165, 1.54) is 12.1 Å². The quantitative estimate of drug-likeness (QED) is 0.387. The first-order valence-electron chi connectivity index (χ1n) is 4.99. The SMILES string of the molecule is CS(=O)(=O)CCNc1cc(NN)cc([N+](=O)[O-])c1. The largest absolute Gasteiger partial charge is 0.384 e. The predicted octanol–water partition coefficient (Wildman–Crippen LogP) is 0.337. The molecular formula is C9H14N4O4S. The van der Waals surface area contributed by atoms with E-state index in [1.807, 2.05) is 0 Å². The van der Waals surface area contributed by atoms with Gasteiger partial charge in [0.25, 0.3) is 5.69 Å². The second kappa shape index (κ2) is 5.65. The van der Waals surface area contributed by atoms with Crippen LogP contribution in [0.5, 0.6) is 0 Å². The van der Waals surface area contributed by atoms with Gasteiger partial charge in [-0.05, 0) is 6.07 Å². The van der Waals surface area contributed by atoms with Gasteiger partial charge in [0.2, 0.25) is 0 Å². The molecule has 1 aromatic carbocycles. The summed E-state index contributed by atoms with van der Waals surface area (Å²) in [5.41, 5.74) is 2.97. The van der Waals surface area contributed by atoms with Crippen molar-refractivity contribution in [2.75, 3.05) is 29.3 Å². The molecular weight excluding hydrogens is 260 g/mol. The highest BCUT2D eigenvalue weighted by Gasteiger charge is 2.09. The molecule has 0 atom stereocenters. The molecule has 0 saturated carbocycles. The van der Waals surface area contributed by atoms with E-state index < -0.39 is 14.8 Å². The minimum Gasteiger partial charge on any atom is -0.384 e. The van der Waals surface area contributed by atoms with E-state index in [0.717, 1.165) is 6.26 Å². The number of non-ortho nitro benzene ring substituents is 1. The molecule has 0 radical (unpaired) electrons. The van der Waals surface area contributed by atoms with E-state index in [0.29, 0.717) is 11.4 Å². The molecule has 0 unspecified atom stereocenters. The average Bonchev–Trinajstić information content (AvgIpc) is 2.26. The molecule has 9 heteroatoms. The van der Waals surface area contributed by atoms with Crippen molar-refractivity contribution in [3.8, 4) is 0 Å².